The van der Waals surface area contributed by atoms with E-state index in [0.29, 0.717) is 37.7 Å². The molecule has 0 saturated carbocycles. The SMILES string of the molecule is CCOC(=O)C1=C(c2ccccc2)N=c2s/c(=C/c3cccc(OC)c3)c(=O)n2[C@H]1c1cccc(OC)c1. The normalized spacial score (nSPS) is 15.0. The molecule has 4 aromatic rings. The molecule has 0 unspecified atom stereocenters. The van der Waals surface area contributed by atoms with E-state index in [4.69, 9.17) is 19.2 Å². The number of benzene rings is 3. The Morgan fingerprint density at radius 2 is 1.68 bits per heavy atom. The first-order valence-corrected chi connectivity index (χ1v) is 12.9. The topological polar surface area (TPSA) is 79.1 Å². The van der Waals surface area contributed by atoms with Crippen molar-refractivity contribution in [2.75, 3.05) is 20.8 Å². The van der Waals surface area contributed by atoms with Crippen LogP contribution in [0.25, 0.3) is 11.8 Å². The first kappa shape index (κ1) is 25.2. The van der Waals surface area contributed by atoms with E-state index >= 15 is 0 Å². The van der Waals surface area contributed by atoms with Crippen LogP contribution in [0.1, 0.15) is 29.7 Å². The smallest absolute Gasteiger partial charge is 0.338 e. The van der Waals surface area contributed by atoms with Crippen molar-refractivity contribution in [2.45, 2.75) is 13.0 Å². The van der Waals surface area contributed by atoms with E-state index in [0.717, 1.165) is 11.1 Å². The van der Waals surface area contributed by atoms with Gasteiger partial charge in [0.2, 0.25) is 0 Å². The van der Waals surface area contributed by atoms with Gasteiger partial charge in [-0.15, -0.1) is 0 Å². The van der Waals surface area contributed by atoms with Gasteiger partial charge in [0, 0.05) is 5.56 Å². The summed E-state index contributed by atoms with van der Waals surface area (Å²) in [4.78, 5) is 32.8. The average molecular weight is 527 g/mol. The molecule has 0 N–H and O–H groups in total. The second-order valence-electron chi connectivity index (χ2n) is 8.48. The van der Waals surface area contributed by atoms with Gasteiger partial charge in [-0.25, -0.2) is 9.79 Å². The van der Waals surface area contributed by atoms with Crippen LogP contribution in [0.5, 0.6) is 11.5 Å². The number of methoxy groups -OCH3 is 2. The molecule has 192 valence electrons. The molecule has 1 atom stereocenters. The zero-order valence-electron chi connectivity index (χ0n) is 21.2. The standard InChI is InChI=1S/C30H26N2O5S/c1-4-37-29(34)25-26(20-11-6-5-7-12-20)31-30-32(27(25)21-13-9-15-23(18-21)36-3)28(33)24(38-30)17-19-10-8-14-22(16-19)35-2/h5-18,27H,4H2,1-3H3/b24-17+/t27-/m0/s1. The van der Waals surface area contributed by atoms with Crippen LogP contribution in [0.4, 0.5) is 0 Å². The van der Waals surface area contributed by atoms with Crippen molar-refractivity contribution in [1.29, 1.82) is 0 Å². The van der Waals surface area contributed by atoms with Crippen LogP contribution in [0.15, 0.2) is 94.2 Å². The Balaban J connectivity index is 1.83. The predicted molar refractivity (Wildman–Crippen MR) is 147 cm³/mol. The van der Waals surface area contributed by atoms with E-state index in [1.54, 1.807) is 25.7 Å². The van der Waals surface area contributed by atoms with Gasteiger partial charge < -0.3 is 14.2 Å². The summed E-state index contributed by atoms with van der Waals surface area (Å²) in [5.41, 5.74) is 2.81. The Bertz CT molecular complexity index is 1700. The molecule has 5 rings (SSSR count). The van der Waals surface area contributed by atoms with Crippen molar-refractivity contribution in [3.8, 4) is 11.5 Å². The highest BCUT2D eigenvalue weighted by Gasteiger charge is 2.35. The van der Waals surface area contributed by atoms with E-state index in [1.165, 1.54) is 11.3 Å². The van der Waals surface area contributed by atoms with Gasteiger partial charge in [-0.05, 0) is 48.4 Å². The number of thiazole rings is 1. The highest BCUT2D eigenvalue weighted by atomic mass is 32.1. The zero-order chi connectivity index (χ0) is 26.6. The lowest BCUT2D eigenvalue weighted by Gasteiger charge is -2.26. The number of ether oxygens (including phenoxy) is 3. The summed E-state index contributed by atoms with van der Waals surface area (Å²) >= 11 is 1.27. The summed E-state index contributed by atoms with van der Waals surface area (Å²) in [5, 5.41) is 0. The molecule has 7 nitrogen and oxygen atoms in total. The summed E-state index contributed by atoms with van der Waals surface area (Å²) in [6, 6.07) is 23.5. The second kappa shape index (κ2) is 10.9. The van der Waals surface area contributed by atoms with Gasteiger partial charge >= 0.3 is 5.97 Å². The van der Waals surface area contributed by atoms with Crippen LogP contribution in [-0.2, 0) is 9.53 Å². The lowest BCUT2D eigenvalue weighted by molar-refractivity contribution is -0.138. The molecule has 1 aromatic heterocycles. The number of carbonyl (C=O) groups is 1. The molecule has 0 amide bonds. The summed E-state index contributed by atoms with van der Waals surface area (Å²) in [5.74, 6) is 0.782. The molecule has 1 aliphatic heterocycles. The average Bonchev–Trinajstić information content (AvgIpc) is 3.27. The maximum absolute atomic E-state index is 13.9. The van der Waals surface area contributed by atoms with Gasteiger partial charge in [-0.2, -0.15) is 0 Å². The number of fused-ring (bicyclic) bond motifs is 1. The lowest BCUT2D eigenvalue weighted by atomic mass is 9.93. The summed E-state index contributed by atoms with van der Waals surface area (Å²) in [6.07, 6.45) is 1.81. The van der Waals surface area contributed by atoms with E-state index in [2.05, 4.69) is 0 Å². The molecule has 0 aliphatic carbocycles. The van der Waals surface area contributed by atoms with E-state index < -0.39 is 12.0 Å². The number of rotatable bonds is 7. The van der Waals surface area contributed by atoms with Crippen LogP contribution < -0.4 is 24.4 Å². The highest BCUT2D eigenvalue weighted by Crippen LogP contribution is 2.36. The number of esters is 1. The van der Waals surface area contributed by atoms with Gasteiger partial charge in [0.05, 0.1) is 42.7 Å². The van der Waals surface area contributed by atoms with E-state index in [-0.39, 0.29) is 12.2 Å². The van der Waals surface area contributed by atoms with Gasteiger partial charge in [0.25, 0.3) is 5.56 Å². The Morgan fingerprint density at radius 1 is 0.974 bits per heavy atom. The number of aromatic nitrogens is 1. The molecule has 2 heterocycles. The first-order chi connectivity index (χ1) is 18.5. The minimum Gasteiger partial charge on any atom is -0.497 e. The molecular weight excluding hydrogens is 500 g/mol. The largest absolute Gasteiger partial charge is 0.497 e. The third kappa shape index (κ3) is 4.78. The van der Waals surface area contributed by atoms with E-state index in [9.17, 15) is 9.59 Å². The molecule has 0 fully saturated rings. The molecule has 0 saturated heterocycles. The fraction of sp³-hybridized carbons (Fsp3) is 0.167. The number of hydrogen-bond acceptors (Lipinski definition) is 7. The molecule has 0 spiro atoms. The van der Waals surface area contributed by atoms with Gasteiger partial charge in [-0.3, -0.25) is 9.36 Å². The number of hydrogen-bond donors (Lipinski definition) is 0. The third-order valence-electron chi connectivity index (χ3n) is 6.17. The van der Waals surface area contributed by atoms with Crippen molar-refractivity contribution in [1.82, 2.24) is 4.57 Å². The van der Waals surface area contributed by atoms with Crippen LogP contribution in [-0.4, -0.2) is 31.4 Å². The Morgan fingerprint density at radius 3 is 2.39 bits per heavy atom. The molecule has 38 heavy (non-hydrogen) atoms. The molecular formula is C30H26N2O5S. The predicted octanol–water partition coefficient (Wildman–Crippen LogP) is 3.95. The van der Waals surface area contributed by atoms with Crippen molar-refractivity contribution < 1.29 is 19.0 Å². The maximum Gasteiger partial charge on any atom is 0.338 e. The number of nitrogens with zero attached hydrogens (tertiary/aromatic N) is 2. The summed E-state index contributed by atoms with van der Waals surface area (Å²) < 4.78 is 18.4. The monoisotopic (exact) mass is 526 g/mol. The van der Waals surface area contributed by atoms with Crippen LogP contribution >= 0.6 is 11.3 Å². The third-order valence-corrected chi connectivity index (χ3v) is 7.16. The second-order valence-corrected chi connectivity index (χ2v) is 9.49. The quantitative estimate of drug-likeness (QED) is 0.341. The Labute approximate surface area is 223 Å². The molecule has 0 radical (unpaired) electrons. The fourth-order valence-electron chi connectivity index (χ4n) is 4.45. The zero-order valence-corrected chi connectivity index (χ0v) is 22.0. The molecule has 8 heteroatoms. The Hall–Kier alpha value is -4.43. The minimum absolute atomic E-state index is 0.190. The summed E-state index contributed by atoms with van der Waals surface area (Å²) in [6.45, 7) is 1.94. The van der Waals surface area contributed by atoms with Crippen molar-refractivity contribution >= 4 is 29.1 Å². The molecule has 3 aromatic carbocycles. The van der Waals surface area contributed by atoms with Gasteiger partial charge in [0.1, 0.15) is 11.5 Å². The fourth-order valence-corrected chi connectivity index (χ4v) is 5.45. The Kier molecular flexibility index (Phi) is 7.24. The van der Waals surface area contributed by atoms with Gasteiger partial charge in [0.15, 0.2) is 4.80 Å². The highest BCUT2D eigenvalue weighted by molar-refractivity contribution is 7.07. The van der Waals surface area contributed by atoms with Crippen LogP contribution in [0.3, 0.4) is 0 Å². The maximum atomic E-state index is 13.9. The van der Waals surface area contributed by atoms with Crippen molar-refractivity contribution in [2.24, 2.45) is 4.99 Å². The van der Waals surface area contributed by atoms with E-state index in [1.807, 2.05) is 84.9 Å². The molecule has 0 bridgehead atoms. The van der Waals surface area contributed by atoms with Crippen LogP contribution in [0, 0.1) is 0 Å². The van der Waals surface area contributed by atoms with Crippen LogP contribution in [0.2, 0.25) is 0 Å². The first-order valence-electron chi connectivity index (χ1n) is 12.1. The van der Waals surface area contributed by atoms with Gasteiger partial charge in [-0.1, -0.05) is 65.9 Å². The summed E-state index contributed by atoms with van der Waals surface area (Å²) in [7, 11) is 3.18. The molecule has 1 aliphatic rings. The van der Waals surface area contributed by atoms with Crippen molar-refractivity contribution in [3.63, 3.8) is 0 Å². The lowest BCUT2D eigenvalue weighted by Crippen LogP contribution is -2.40. The number of carbonyl (C=O) groups excluding carboxylic acids is 1. The minimum atomic E-state index is -0.761. The van der Waals surface area contributed by atoms with Crippen molar-refractivity contribution in [3.05, 3.63) is 121 Å².